The SMILES string of the molecule is CC1(C(=O)N2CCC[C@@H](C3=C4C=NC=C[N+]4(N)C(c4ccc(C(=O)Nc5cc(Cl)ccn5)cc4F)=N3)C2)COC1. The molecular weight excluding hydrogens is 537 g/mol. The fraction of sp³-hybridized carbons (Fsp3) is 0.321. The third-order valence-electron chi connectivity index (χ3n) is 7.71. The largest absolute Gasteiger partial charge is 0.379 e. The number of amides is 2. The molecule has 6 rings (SSSR count). The van der Waals surface area contributed by atoms with Crippen molar-refractivity contribution in [2.75, 3.05) is 31.6 Å². The molecule has 0 saturated carbocycles. The Morgan fingerprint density at radius 1 is 1.27 bits per heavy atom. The van der Waals surface area contributed by atoms with Gasteiger partial charge in [0, 0.05) is 35.8 Å². The van der Waals surface area contributed by atoms with E-state index >= 15 is 4.39 Å². The lowest BCUT2D eigenvalue weighted by Crippen LogP contribution is -2.55. The van der Waals surface area contributed by atoms with Crippen molar-refractivity contribution in [3.8, 4) is 0 Å². The van der Waals surface area contributed by atoms with E-state index in [1.54, 1.807) is 24.7 Å². The molecule has 12 heteroatoms. The number of nitrogens with zero attached hydrogens (tertiary/aromatic N) is 5. The van der Waals surface area contributed by atoms with E-state index in [4.69, 9.17) is 27.2 Å². The molecule has 2 amide bonds. The number of halogens is 2. The number of hydrogen-bond donors (Lipinski definition) is 2. The molecule has 4 aliphatic rings. The van der Waals surface area contributed by atoms with Crippen molar-refractivity contribution >= 4 is 41.3 Å². The maximum atomic E-state index is 15.6. The number of quaternary nitrogens is 1. The highest BCUT2D eigenvalue weighted by atomic mass is 35.5. The summed E-state index contributed by atoms with van der Waals surface area (Å²) >= 11 is 5.96. The van der Waals surface area contributed by atoms with Gasteiger partial charge in [-0.3, -0.25) is 14.6 Å². The Bertz CT molecular complexity index is 1530. The predicted molar refractivity (Wildman–Crippen MR) is 147 cm³/mol. The average Bonchev–Trinajstić information content (AvgIpc) is 3.24. The third-order valence-corrected chi connectivity index (χ3v) is 7.95. The molecule has 1 aromatic heterocycles. The molecule has 1 aromatic carbocycles. The standard InChI is InChI=1S/C28H27ClFN7O3/c1-28(15-40-16-28)27(39)36-9-2-3-18(14-36)24-22-13-32-8-10-37(22,31)25(35-24)20-5-4-17(11-21(20)30)26(38)34-23-12-19(29)6-7-33-23/h4-8,10-13,18H,2-3,9,14-16,31H2,1H3/p+1/t18-,37?/m1/s1. The molecule has 0 spiro atoms. The Kier molecular flexibility index (Phi) is 6.62. The monoisotopic (exact) mass is 564 g/mol. The summed E-state index contributed by atoms with van der Waals surface area (Å²) in [5, 5.41) is 3.03. The molecule has 2 aromatic rings. The number of ether oxygens (including phenoxy) is 1. The molecule has 206 valence electrons. The summed E-state index contributed by atoms with van der Waals surface area (Å²) < 4.78 is 20.5. The van der Waals surface area contributed by atoms with Gasteiger partial charge in [-0.1, -0.05) is 11.6 Å². The second kappa shape index (κ2) is 10.0. The normalized spacial score (nSPS) is 24.9. The summed E-state index contributed by atoms with van der Waals surface area (Å²) in [4.78, 5) is 41.0. The van der Waals surface area contributed by atoms with E-state index < -0.39 is 17.1 Å². The van der Waals surface area contributed by atoms with Gasteiger partial charge in [-0.05, 0) is 50.1 Å². The number of nitrogens with one attached hydrogen (secondary N) is 1. The fourth-order valence-electron chi connectivity index (χ4n) is 5.49. The number of pyridine rings is 1. The van der Waals surface area contributed by atoms with Crippen LogP contribution in [0.15, 0.2) is 70.3 Å². The highest BCUT2D eigenvalue weighted by Gasteiger charge is 2.49. The average molecular weight is 565 g/mol. The van der Waals surface area contributed by atoms with Crippen LogP contribution < -0.4 is 11.2 Å². The van der Waals surface area contributed by atoms with E-state index in [2.05, 4.69) is 15.3 Å². The van der Waals surface area contributed by atoms with Gasteiger partial charge in [0.05, 0.1) is 36.6 Å². The van der Waals surface area contributed by atoms with Crippen molar-refractivity contribution in [3.05, 3.63) is 82.3 Å². The highest BCUT2D eigenvalue weighted by molar-refractivity contribution is 6.30. The molecule has 40 heavy (non-hydrogen) atoms. The van der Waals surface area contributed by atoms with Crippen molar-refractivity contribution < 1.29 is 23.3 Å². The molecule has 5 heterocycles. The summed E-state index contributed by atoms with van der Waals surface area (Å²) in [5.41, 5.74) is 1.08. The quantitative estimate of drug-likeness (QED) is 0.424. The van der Waals surface area contributed by atoms with Crippen molar-refractivity contribution in [2.45, 2.75) is 19.8 Å². The number of carbonyl (C=O) groups is 2. The molecule has 1 unspecified atom stereocenters. The van der Waals surface area contributed by atoms with E-state index in [-0.39, 0.29) is 39.2 Å². The Morgan fingerprint density at radius 3 is 2.83 bits per heavy atom. The third kappa shape index (κ3) is 4.54. The number of carbonyl (C=O) groups excluding carboxylic acids is 2. The Balaban J connectivity index is 1.28. The molecule has 2 atom stereocenters. The van der Waals surface area contributed by atoms with E-state index in [1.807, 2.05) is 11.8 Å². The number of aliphatic imine (C=N–C) groups is 2. The van der Waals surface area contributed by atoms with Crippen molar-refractivity contribution in [2.24, 2.45) is 27.2 Å². The number of amidine groups is 1. The number of nitrogens with two attached hydrogens (primary N) is 1. The molecule has 2 fully saturated rings. The first-order valence-corrected chi connectivity index (χ1v) is 13.4. The van der Waals surface area contributed by atoms with Crippen LogP contribution in [0.5, 0.6) is 0 Å². The van der Waals surface area contributed by atoms with Crippen LogP contribution in [0.4, 0.5) is 10.2 Å². The zero-order chi connectivity index (χ0) is 28.1. The van der Waals surface area contributed by atoms with Gasteiger partial charge in [-0.2, -0.15) is 10.8 Å². The molecule has 3 N–H and O–H groups in total. The van der Waals surface area contributed by atoms with E-state index in [1.165, 1.54) is 24.4 Å². The van der Waals surface area contributed by atoms with Gasteiger partial charge in [-0.15, -0.1) is 4.59 Å². The number of benzene rings is 1. The first kappa shape index (κ1) is 26.5. The zero-order valence-electron chi connectivity index (χ0n) is 21.8. The molecule has 0 bridgehead atoms. The van der Waals surface area contributed by atoms with Gasteiger partial charge in [0.2, 0.25) is 11.6 Å². The maximum absolute atomic E-state index is 15.6. The van der Waals surface area contributed by atoms with Crippen LogP contribution in [-0.2, 0) is 9.53 Å². The van der Waals surface area contributed by atoms with Crippen molar-refractivity contribution in [1.29, 1.82) is 0 Å². The lowest BCUT2D eigenvalue weighted by atomic mass is 9.85. The fourth-order valence-corrected chi connectivity index (χ4v) is 5.64. The van der Waals surface area contributed by atoms with E-state index in [0.717, 1.165) is 18.9 Å². The summed E-state index contributed by atoms with van der Waals surface area (Å²) in [6.07, 6.45) is 7.92. The minimum absolute atomic E-state index is 0.0786. The van der Waals surface area contributed by atoms with Crippen LogP contribution in [0.3, 0.4) is 0 Å². The van der Waals surface area contributed by atoms with Crippen molar-refractivity contribution in [1.82, 2.24) is 9.88 Å². The van der Waals surface area contributed by atoms with Crippen LogP contribution in [0.25, 0.3) is 0 Å². The minimum atomic E-state index is -0.650. The van der Waals surface area contributed by atoms with Crippen LogP contribution in [0.1, 0.15) is 35.7 Å². The zero-order valence-corrected chi connectivity index (χ0v) is 22.6. The van der Waals surface area contributed by atoms with E-state index in [9.17, 15) is 9.59 Å². The molecule has 4 aliphatic heterocycles. The first-order chi connectivity index (χ1) is 19.2. The predicted octanol–water partition coefficient (Wildman–Crippen LogP) is 3.62. The Hall–Kier alpha value is -3.77. The summed E-state index contributed by atoms with van der Waals surface area (Å²) in [6, 6.07) is 7.23. The van der Waals surface area contributed by atoms with E-state index in [0.29, 0.717) is 42.7 Å². The first-order valence-electron chi connectivity index (χ1n) is 13.0. The van der Waals surface area contributed by atoms with Gasteiger partial charge < -0.3 is 15.0 Å². The van der Waals surface area contributed by atoms with Gasteiger partial charge in [0.1, 0.15) is 23.5 Å². The van der Waals surface area contributed by atoms with Gasteiger partial charge in [0.25, 0.3) is 11.7 Å². The molecule has 0 radical (unpaired) electrons. The number of fused-ring (bicyclic) bond motifs is 1. The van der Waals surface area contributed by atoms with Crippen LogP contribution >= 0.6 is 11.6 Å². The Morgan fingerprint density at radius 2 is 2.10 bits per heavy atom. The Labute approximate surface area is 235 Å². The summed E-state index contributed by atoms with van der Waals surface area (Å²) in [7, 11) is 0. The molecule has 10 nitrogen and oxygen atoms in total. The second-order valence-electron chi connectivity index (χ2n) is 10.7. The van der Waals surface area contributed by atoms with Crippen LogP contribution in [0, 0.1) is 17.2 Å². The number of allylic oxidation sites excluding steroid dienone is 1. The summed E-state index contributed by atoms with van der Waals surface area (Å²) in [5.74, 6) is 6.15. The van der Waals surface area contributed by atoms with Crippen LogP contribution in [-0.4, -0.2) is 64.6 Å². The number of anilines is 1. The molecular formula is C28H28ClFN7O3+. The number of piperidine rings is 1. The summed E-state index contributed by atoms with van der Waals surface area (Å²) in [6.45, 7) is 3.93. The van der Waals surface area contributed by atoms with Gasteiger partial charge in [0.15, 0.2) is 0 Å². The minimum Gasteiger partial charge on any atom is -0.379 e. The lowest BCUT2D eigenvalue weighted by Gasteiger charge is -2.42. The van der Waals surface area contributed by atoms with Gasteiger partial charge >= 0.3 is 0 Å². The lowest BCUT2D eigenvalue weighted by molar-refractivity contribution is -0.750. The van der Waals surface area contributed by atoms with Gasteiger partial charge in [-0.25, -0.2) is 9.37 Å². The second-order valence-corrected chi connectivity index (χ2v) is 11.1. The topological polar surface area (TPSA) is 122 Å². The number of likely N-dealkylation sites (tertiary alicyclic amines) is 1. The highest BCUT2D eigenvalue weighted by Crippen LogP contribution is 2.39. The molecule has 0 aliphatic carbocycles. The van der Waals surface area contributed by atoms with Crippen LogP contribution in [0.2, 0.25) is 5.02 Å². The number of aromatic nitrogens is 1. The van der Waals surface area contributed by atoms with Crippen molar-refractivity contribution in [3.63, 3.8) is 0 Å². The smallest absolute Gasteiger partial charge is 0.267 e. The number of rotatable bonds is 5. The maximum Gasteiger partial charge on any atom is 0.267 e. The number of hydrogen-bond acceptors (Lipinski definition) is 7. The molecule has 2 saturated heterocycles.